The fourth-order valence-corrected chi connectivity index (χ4v) is 5.97. The van der Waals surface area contributed by atoms with E-state index in [0.717, 1.165) is 57.8 Å². The van der Waals surface area contributed by atoms with Crippen molar-refractivity contribution in [2.75, 3.05) is 26.4 Å². The van der Waals surface area contributed by atoms with Gasteiger partial charge in [-0.3, -0.25) is 13.8 Å². The Hall–Kier alpha value is -2.59. The lowest BCUT2D eigenvalue weighted by atomic mass is 10.1. The monoisotopic (exact) mass is 795 g/mol. The summed E-state index contributed by atoms with van der Waals surface area (Å²) in [5.74, 6) is -1.22. The molecule has 316 valence electrons. The van der Waals surface area contributed by atoms with Crippen LogP contribution in [0, 0.1) is 0 Å². The topological polar surface area (TPSA) is 149 Å². The van der Waals surface area contributed by atoms with Gasteiger partial charge in [-0.25, -0.2) is 9.36 Å². The van der Waals surface area contributed by atoms with Crippen LogP contribution in [0.3, 0.4) is 0 Å². The lowest BCUT2D eigenvalue weighted by molar-refractivity contribution is -0.157. The number of ether oxygens (including phenoxy) is 2. The van der Waals surface area contributed by atoms with E-state index in [1.807, 2.05) is 6.08 Å². The molecule has 0 fully saturated rings. The summed E-state index contributed by atoms with van der Waals surface area (Å²) in [6.07, 6.45) is 45.0. The Kier molecular flexibility index (Phi) is 37.8. The van der Waals surface area contributed by atoms with Crippen molar-refractivity contribution in [3.8, 4) is 0 Å². The first-order valence-corrected chi connectivity index (χ1v) is 22.4. The smallest absolute Gasteiger partial charge is 0.462 e. The number of phosphoric ester groups is 1. The van der Waals surface area contributed by atoms with E-state index in [0.29, 0.717) is 6.42 Å². The van der Waals surface area contributed by atoms with Crippen molar-refractivity contribution in [3.63, 3.8) is 0 Å². The SMILES string of the molecule is CCC/C=C/C/C=C/C/C=C/C/C=C/CCCCCC(=O)OC[C@H](COP(=O)(O)OC[C@@H](O)CO)OC(=O)/C=C/C=C/CCCCCCCCCCCCC. The van der Waals surface area contributed by atoms with Gasteiger partial charge in [-0.05, 0) is 57.8 Å². The van der Waals surface area contributed by atoms with Gasteiger partial charge >= 0.3 is 19.8 Å². The zero-order valence-corrected chi connectivity index (χ0v) is 35.0. The standard InChI is InChI=1S/C44H75O10P/c1-3-5-7-9-11-13-15-17-19-20-22-23-25-27-29-31-33-35-43(47)51-39-42(40-53-55(49,50)52-38-41(46)37-45)54-44(48)36-34-32-30-28-26-24-21-18-16-14-12-10-8-6-4-2/h7,9,13,15,19-20,23,25,30,32,34,36,41-42,45-46H,3-6,8,10-12,14,16-18,21-22,24,26-29,31,33,35,37-40H2,1-2H3,(H,49,50)/b9-7+,15-13+,20-19+,25-23+,32-30+,36-34+/t41-,42+/m0/s1. The van der Waals surface area contributed by atoms with Crippen LogP contribution in [0.2, 0.25) is 0 Å². The third-order valence-electron chi connectivity index (χ3n) is 8.42. The summed E-state index contributed by atoms with van der Waals surface area (Å²) in [5, 5.41) is 18.3. The van der Waals surface area contributed by atoms with Gasteiger partial charge in [0, 0.05) is 12.5 Å². The molecule has 11 heteroatoms. The van der Waals surface area contributed by atoms with E-state index in [1.165, 1.54) is 76.7 Å². The molecule has 1 unspecified atom stereocenters. The number of hydrogen-bond acceptors (Lipinski definition) is 9. The molecule has 0 saturated heterocycles. The number of allylic oxidation sites excluding steroid dienone is 11. The summed E-state index contributed by atoms with van der Waals surface area (Å²) in [5.41, 5.74) is 0. The second kappa shape index (κ2) is 39.6. The van der Waals surface area contributed by atoms with Gasteiger partial charge in [0.1, 0.15) is 12.7 Å². The van der Waals surface area contributed by atoms with Crippen LogP contribution in [0.15, 0.2) is 72.9 Å². The van der Waals surface area contributed by atoms with E-state index in [9.17, 15) is 24.2 Å². The van der Waals surface area contributed by atoms with Crippen molar-refractivity contribution >= 4 is 19.8 Å². The molecule has 0 aromatic carbocycles. The second-order valence-corrected chi connectivity index (χ2v) is 15.2. The van der Waals surface area contributed by atoms with Gasteiger partial charge in [0.05, 0.1) is 19.8 Å². The largest absolute Gasteiger partial charge is 0.472 e. The minimum atomic E-state index is -4.65. The Morgan fingerprint density at radius 3 is 1.69 bits per heavy atom. The third kappa shape index (κ3) is 39.4. The number of unbranched alkanes of at least 4 members (excludes halogenated alkanes) is 15. The molecular weight excluding hydrogens is 719 g/mol. The van der Waals surface area contributed by atoms with E-state index in [-0.39, 0.29) is 13.0 Å². The van der Waals surface area contributed by atoms with Crippen molar-refractivity contribution < 1.29 is 47.8 Å². The summed E-state index contributed by atoms with van der Waals surface area (Å²) in [4.78, 5) is 34.8. The molecule has 0 radical (unpaired) electrons. The van der Waals surface area contributed by atoms with Gasteiger partial charge in [0.15, 0.2) is 6.10 Å². The number of esters is 2. The molecule has 0 heterocycles. The molecule has 0 amide bonds. The molecule has 0 rings (SSSR count). The van der Waals surface area contributed by atoms with E-state index in [2.05, 4.69) is 67.0 Å². The highest BCUT2D eigenvalue weighted by Crippen LogP contribution is 2.43. The summed E-state index contributed by atoms with van der Waals surface area (Å²) in [7, 11) is -4.65. The third-order valence-corrected chi connectivity index (χ3v) is 9.37. The van der Waals surface area contributed by atoms with Crippen LogP contribution in [0.1, 0.15) is 155 Å². The minimum Gasteiger partial charge on any atom is -0.462 e. The average Bonchev–Trinajstić information content (AvgIpc) is 3.17. The molecule has 0 aliphatic heterocycles. The fraction of sp³-hybridized carbons (Fsp3) is 0.682. The lowest BCUT2D eigenvalue weighted by Gasteiger charge is -2.19. The van der Waals surface area contributed by atoms with Crippen molar-refractivity contribution in [1.82, 2.24) is 0 Å². The minimum absolute atomic E-state index is 0.181. The Morgan fingerprint density at radius 2 is 1.11 bits per heavy atom. The Balaban J connectivity index is 4.49. The average molecular weight is 795 g/mol. The van der Waals surface area contributed by atoms with Crippen molar-refractivity contribution in [1.29, 1.82) is 0 Å². The fourth-order valence-electron chi connectivity index (χ4n) is 5.18. The molecule has 0 aliphatic rings. The number of carbonyl (C=O) groups is 2. The van der Waals surface area contributed by atoms with Crippen molar-refractivity contribution in [2.45, 2.75) is 167 Å². The summed E-state index contributed by atoms with van der Waals surface area (Å²) in [6.45, 7) is 2.13. The van der Waals surface area contributed by atoms with Crippen LogP contribution in [0.25, 0.3) is 0 Å². The molecule has 0 aromatic rings. The predicted molar refractivity (Wildman–Crippen MR) is 223 cm³/mol. The Labute approximate surface area is 333 Å². The van der Waals surface area contributed by atoms with E-state index < -0.39 is 51.8 Å². The second-order valence-electron chi connectivity index (χ2n) is 13.7. The van der Waals surface area contributed by atoms with Gasteiger partial charge in [-0.2, -0.15) is 0 Å². The van der Waals surface area contributed by atoms with Crippen LogP contribution in [0.4, 0.5) is 0 Å². The van der Waals surface area contributed by atoms with E-state index in [1.54, 1.807) is 12.2 Å². The number of rotatable bonds is 38. The maximum Gasteiger partial charge on any atom is 0.472 e. The number of aliphatic hydroxyl groups is 2. The predicted octanol–water partition coefficient (Wildman–Crippen LogP) is 10.9. The number of phosphoric acid groups is 1. The molecule has 0 aromatic heterocycles. The summed E-state index contributed by atoms with van der Waals surface area (Å²) >= 11 is 0. The number of carbonyl (C=O) groups excluding carboxylic acids is 2. The molecule has 3 atom stereocenters. The zero-order chi connectivity index (χ0) is 40.5. The molecule has 0 saturated carbocycles. The first-order chi connectivity index (χ1) is 26.7. The summed E-state index contributed by atoms with van der Waals surface area (Å²) < 4.78 is 32.4. The first-order valence-electron chi connectivity index (χ1n) is 20.9. The van der Waals surface area contributed by atoms with Crippen LogP contribution >= 0.6 is 7.82 Å². The molecular formula is C44H75O10P. The van der Waals surface area contributed by atoms with Crippen LogP contribution in [-0.4, -0.2) is 65.7 Å². The van der Waals surface area contributed by atoms with Gasteiger partial charge < -0.3 is 24.6 Å². The Bertz CT molecular complexity index is 1140. The van der Waals surface area contributed by atoms with Gasteiger partial charge in [-0.1, -0.05) is 158 Å². The molecule has 10 nitrogen and oxygen atoms in total. The number of aliphatic hydroxyl groups excluding tert-OH is 2. The molecule has 55 heavy (non-hydrogen) atoms. The van der Waals surface area contributed by atoms with Crippen LogP contribution < -0.4 is 0 Å². The maximum atomic E-state index is 12.5. The highest BCUT2D eigenvalue weighted by Gasteiger charge is 2.26. The van der Waals surface area contributed by atoms with Crippen LogP contribution in [-0.2, 0) is 32.7 Å². The van der Waals surface area contributed by atoms with Crippen LogP contribution in [0.5, 0.6) is 0 Å². The lowest BCUT2D eigenvalue weighted by Crippen LogP contribution is -2.29. The highest BCUT2D eigenvalue weighted by atomic mass is 31.2. The van der Waals surface area contributed by atoms with Gasteiger partial charge in [0.25, 0.3) is 0 Å². The molecule has 0 bridgehead atoms. The van der Waals surface area contributed by atoms with Crippen molar-refractivity contribution in [3.05, 3.63) is 72.9 Å². The highest BCUT2D eigenvalue weighted by molar-refractivity contribution is 7.47. The van der Waals surface area contributed by atoms with E-state index in [4.69, 9.17) is 19.1 Å². The Morgan fingerprint density at radius 1 is 0.600 bits per heavy atom. The van der Waals surface area contributed by atoms with Gasteiger partial charge in [-0.15, -0.1) is 0 Å². The molecule has 0 aliphatic carbocycles. The maximum absolute atomic E-state index is 12.5. The first kappa shape index (κ1) is 52.4. The quantitative estimate of drug-likeness (QED) is 0.0138. The molecule has 0 spiro atoms. The molecule has 3 N–H and O–H groups in total. The number of hydrogen-bond donors (Lipinski definition) is 3. The zero-order valence-electron chi connectivity index (χ0n) is 34.1. The van der Waals surface area contributed by atoms with Gasteiger partial charge in [0.2, 0.25) is 0 Å². The van der Waals surface area contributed by atoms with E-state index >= 15 is 0 Å². The normalized spacial score (nSPS) is 14.6. The summed E-state index contributed by atoms with van der Waals surface area (Å²) in [6, 6.07) is 0. The van der Waals surface area contributed by atoms with Crippen molar-refractivity contribution in [2.24, 2.45) is 0 Å².